The van der Waals surface area contributed by atoms with E-state index in [4.69, 9.17) is 16.3 Å². The van der Waals surface area contributed by atoms with Gasteiger partial charge in [-0.2, -0.15) is 0 Å². The number of hydrogen-bond acceptors (Lipinski definition) is 3. The highest BCUT2D eigenvalue weighted by molar-refractivity contribution is 6.31. The van der Waals surface area contributed by atoms with Crippen molar-refractivity contribution in [3.63, 3.8) is 0 Å². The van der Waals surface area contributed by atoms with Gasteiger partial charge in [-0.25, -0.2) is 0 Å². The van der Waals surface area contributed by atoms with Crippen molar-refractivity contribution < 1.29 is 9.53 Å². The maximum atomic E-state index is 12.4. The second-order valence-electron chi connectivity index (χ2n) is 4.64. The summed E-state index contributed by atoms with van der Waals surface area (Å²) in [5.74, 6) is 0.481. The minimum atomic E-state index is -0.0894. The number of rotatable bonds is 6. The molecule has 0 radical (unpaired) electrons. The van der Waals surface area contributed by atoms with Gasteiger partial charge in [0, 0.05) is 25.2 Å². The Kier molecular flexibility index (Phi) is 8.62. The van der Waals surface area contributed by atoms with Gasteiger partial charge < -0.3 is 15.0 Å². The lowest BCUT2D eigenvalue weighted by atomic mass is 10.1. The molecule has 0 unspecified atom stereocenters. The molecule has 0 fully saturated rings. The molecule has 1 N–H and O–H groups in total. The normalized spacial score (nSPS) is 10.1. The lowest BCUT2D eigenvalue weighted by molar-refractivity contribution is 0.0790. The molecule has 6 heteroatoms. The van der Waals surface area contributed by atoms with Gasteiger partial charge in [-0.05, 0) is 39.1 Å². The molecule has 1 amide bonds. The summed E-state index contributed by atoms with van der Waals surface area (Å²) in [5, 5.41) is 3.54. The van der Waals surface area contributed by atoms with E-state index < -0.39 is 0 Å². The topological polar surface area (TPSA) is 41.6 Å². The van der Waals surface area contributed by atoms with Gasteiger partial charge in [0.25, 0.3) is 5.91 Å². The first-order chi connectivity index (χ1) is 8.95. The average Bonchev–Trinajstić information content (AvgIpc) is 2.36. The number of halogens is 2. The molecular weight excluding hydrogens is 299 g/mol. The van der Waals surface area contributed by atoms with Crippen molar-refractivity contribution in [1.82, 2.24) is 10.2 Å². The van der Waals surface area contributed by atoms with Gasteiger partial charge in [0.15, 0.2) is 0 Å². The van der Waals surface area contributed by atoms with E-state index in [-0.39, 0.29) is 24.4 Å². The summed E-state index contributed by atoms with van der Waals surface area (Å²) in [6.07, 6.45) is 0.00957. The van der Waals surface area contributed by atoms with Crippen LogP contribution >= 0.6 is 24.0 Å². The minimum absolute atomic E-state index is 0. The maximum Gasteiger partial charge on any atom is 0.257 e. The molecule has 1 aromatic carbocycles. The number of benzene rings is 1. The summed E-state index contributed by atoms with van der Waals surface area (Å²) in [6, 6.07) is 5.11. The van der Waals surface area contributed by atoms with Gasteiger partial charge in [-0.1, -0.05) is 11.6 Å². The van der Waals surface area contributed by atoms with Crippen LogP contribution in [0.1, 0.15) is 24.2 Å². The molecule has 0 bridgehead atoms. The van der Waals surface area contributed by atoms with Crippen molar-refractivity contribution in [3.05, 3.63) is 28.8 Å². The monoisotopic (exact) mass is 320 g/mol. The summed E-state index contributed by atoms with van der Waals surface area (Å²) in [5.41, 5.74) is 0.500. The fourth-order valence-electron chi connectivity index (χ4n) is 1.61. The molecule has 114 valence electrons. The Morgan fingerprint density at radius 3 is 2.65 bits per heavy atom. The quantitative estimate of drug-likeness (QED) is 0.876. The van der Waals surface area contributed by atoms with Gasteiger partial charge in [-0.3, -0.25) is 4.79 Å². The molecule has 0 aliphatic rings. The second-order valence-corrected chi connectivity index (χ2v) is 5.07. The molecule has 0 saturated heterocycles. The molecule has 0 saturated carbocycles. The van der Waals surface area contributed by atoms with Crippen LogP contribution in [0.2, 0.25) is 5.02 Å². The molecule has 0 aliphatic heterocycles. The SMILES string of the molecule is CNCCN(C)C(=O)c1cc(Cl)ccc1OC(C)C.Cl. The van der Waals surface area contributed by atoms with Crippen LogP contribution in [0.3, 0.4) is 0 Å². The first-order valence-corrected chi connectivity index (χ1v) is 6.69. The van der Waals surface area contributed by atoms with E-state index in [2.05, 4.69) is 5.32 Å². The summed E-state index contributed by atoms with van der Waals surface area (Å²) in [4.78, 5) is 14.0. The zero-order valence-corrected chi connectivity index (χ0v) is 13.8. The van der Waals surface area contributed by atoms with Crippen molar-refractivity contribution >= 4 is 29.9 Å². The summed E-state index contributed by atoms with van der Waals surface area (Å²) in [6.45, 7) is 5.22. The predicted octanol–water partition coefficient (Wildman–Crippen LogP) is 2.84. The summed E-state index contributed by atoms with van der Waals surface area (Å²) >= 11 is 5.97. The standard InChI is InChI=1S/C14H21ClN2O2.ClH/c1-10(2)19-13-6-5-11(15)9-12(13)14(18)17(4)8-7-16-3;/h5-6,9-10,16H,7-8H2,1-4H3;1H. The highest BCUT2D eigenvalue weighted by Crippen LogP contribution is 2.25. The number of carbonyl (C=O) groups excluding carboxylic acids is 1. The van der Waals surface area contributed by atoms with E-state index in [0.717, 1.165) is 6.54 Å². The molecule has 4 nitrogen and oxygen atoms in total. The number of likely N-dealkylation sites (N-methyl/N-ethyl adjacent to an activating group) is 2. The van der Waals surface area contributed by atoms with Gasteiger partial charge in [0.05, 0.1) is 11.7 Å². The summed E-state index contributed by atoms with van der Waals surface area (Å²) in [7, 11) is 3.62. The number of nitrogens with one attached hydrogen (secondary N) is 1. The molecule has 0 spiro atoms. The molecule has 0 aromatic heterocycles. The third-order valence-electron chi connectivity index (χ3n) is 2.58. The molecule has 0 aliphatic carbocycles. The van der Waals surface area contributed by atoms with Crippen LogP contribution in [0.25, 0.3) is 0 Å². The smallest absolute Gasteiger partial charge is 0.257 e. The Labute approximate surface area is 131 Å². The molecule has 0 heterocycles. The minimum Gasteiger partial charge on any atom is -0.490 e. The van der Waals surface area contributed by atoms with Crippen molar-refractivity contribution in [2.45, 2.75) is 20.0 Å². The molecule has 1 rings (SSSR count). The van der Waals surface area contributed by atoms with Gasteiger partial charge in [0.2, 0.25) is 0 Å². The average molecular weight is 321 g/mol. The molecular formula is C14H22Cl2N2O2. The van der Waals surface area contributed by atoms with E-state index in [1.807, 2.05) is 20.9 Å². The highest BCUT2D eigenvalue weighted by Gasteiger charge is 2.17. The Balaban J connectivity index is 0.00000361. The number of carbonyl (C=O) groups is 1. The number of nitrogens with zero attached hydrogens (tertiary/aromatic N) is 1. The summed E-state index contributed by atoms with van der Waals surface area (Å²) < 4.78 is 5.65. The molecule has 1 aromatic rings. The Morgan fingerprint density at radius 1 is 1.45 bits per heavy atom. The van der Waals surface area contributed by atoms with Crippen LogP contribution in [0.15, 0.2) is 18.2 Å². The first kappa shape index (κ1) is 19.0. The van der Waals surface area contributed by atoms with E-state index in [0.29, 0.717) is 22.9 Å². The van der Waals surface area contributed by atoms with Crippen LogP contribution in [0, 0.1) is 0 Å². The molecule has 0 atom stereocenters. The van der Waals surface area contributed by atoms with E-state index >= 15 is 0 Å². The van der Waals surface area contributed by atoms with Crippen LogP contribution in [-0.4, -0.2) is 44.1 Å². The second kappa shape index (κ2) is 9.06. The van der Waals surface area contributed by atoms with Gasteiger partial charge in [-0.15, -0.1) is 12.4 Å². The Morgan fingerprint density at radius 2 is 2.10 bits per heavy atom. The van der Waals surface area contributed by atoms with Crippen molar-refractivity contribution in [1.29, 1.82) is 0 Å². The maximum absolute atomic E-state index is 12.4. The van der Waals surface area contributed by atoms with Crippen LogP contribution in [-0.2, 0) is 0 Å². The fraction of sp³-hybridized carbons (Fsp3) is 0.500. The Bertz CT molecular complexity index is 439. The lowest BCUT2D eigenvalue weighted by Gasteiger charge is -2.20. The number of amides is 1. The van der Waals surface area contributed by atoms with Crippen LogP contribution < -0.4 is 10.1 Å². The van der Waals surface area contributed by atoms with E-state index in [1.54, 1.807) is 30.1 Å². The predicted molar refractivity (Wildman–Crippen MR) is 85.4 cm³/mol. The number of ether oxygens (including phenoxy) is 1. The first-order valence-electron chi connectivity index (χ1n) is 6.32. The zero-order chi connectivity index (χ0) is 14.4. The lowest BCUT2D eigenvalue weighted by Crippen LogP contribution is -2.33. The third-order valence-corrected chi connectivity index (χ3v) is 2.81. The zero-order valence-electron chi connectivity index (χ0n) is 12.3. The Hall–Kier alpha value is -0.970. The largest absolute Gasteiger partial charge is 0.490 e. The number of hydrogen-bond donors (Lipinski definition) is 1. The van der Waals surface area contributed by atoms with Crippen molar-refractivity contribution in [3.8, 4) is 5.75 Å². The third kappa shape index (κ3) is 5.57. The van der Waals surface area contributed by atoms with Crippen molar-refractivity contribution in [2.75, 3.05) is 27.2 Å². The van der Waals surface area contributed by atoms with Crippen molar-refractivity contribution in [2.24, 2.45) is 0 Å². The molecule has 20 heavy (non-hydrogen) atoms. The fourth-order valence-corrected chi connectivity index (χ4v) is 1.78. The van der Waals surface area contributed by atoms with Gasteiger partial charge in [0.1, 0.15) is 5.75 Å². The highest BCUT2D eigenvalue weighted by atomic mass is 35.5. The van der Waals surface area contributed by atoms with E-state index in [1.165, 1.54) is 0 Å². The van der Waals surface area contributed by atoms with Crippen LogP contribution in [0.4, 0.5) is 0 Å². The van der Waals surface area contributed by atoms with Crippen LogP contribution in [0.5, 0.6) is 5.75 Å². The van der Waals surface area contributed by atoms with Gasteiger partial charge >= 0.3 is 0 Å². The van der Waals surface area contributed by atoms with E-state index in [9.17, 15) is 4.79 Å².